The zero-order valence-corrected chi connectivity index (χ0v) is 14.8. The lowest BCUT2D eigenvalue weighted by Gasteiger charge is -2.26. The number of carbonyl (C=O) groups is 2. The Kier molecular flexibility index (Phi) is 6.41. The highest BCUT2D eigenvalue weighted by molar-refractivity contribution is 5.89. The van der Waals surface area contributed by atoms with Gasteiger partial charge in [0.2, 0.25) is 11.8 Å². The standard InChI is InChI=1S/C19H27N3O2/c1-4-6-11-22(5-2)19(24)18(21-14(3)23)12-15-13-20-17-10-8-7-9-16(15)17/h7-10,13,18,20H,4-6,11-12H2,1-3H3,(H,21,23). The number of hydrogen-bond acceptors (Lipinski definition) is 2. The molecule has 0 bridgehead atoms. The quantitative estimate of drug-likeness (QED) is 0.782. The molecule has 0 aliphatic heterocycles. The summed E-state index contributed by atoms with van der Waals surface area (Å²) in [7, 11) is 0. The van der Waals surface area contributed by atoms with Gasteiger partial charge in [0, 0.05) is 43.5 Å². The Morgan fingerprint density at radius 2 is 2.00 bits per heavy atom. The van der Waals surface area contributed by atoms with Crippen LogP contribution in [0.5, 0.6) is 0 Å². The first-order valence-electron chi connectivity index (χ1n) is 8.67. The van der Waals surface area contributed by atoms with Crippen molar-refractivity contribution in [1.29, 1.82) is 0 Å². The second-order valence-electron chi connectivity index (χ2n) is 6.09. The van der Waals surface area contributed by atoms with Crippen molar-refractivity contribution < 1.29 is 9.59 Å². The highest BCUT2D eigenvalue weighted by atomic mass is 16.2. The van der Waals surface area contributed by atoms with Gasteiger partial charge in [-0.3, -0.25) is 9.59 Å². The summed E-state index contributed by atoms with van der Waals surface area (Å²) in [6, 6.07) is 7.47. The number of nitrogens with zero attached hydrogens (tertiary/aromatic N) is 1. The van der Waals surface area contributed by atoms with E-state index in [2.05, 4.69) is 17.2 Å². The van der Waals surface area contributed by atoms with Crippen molar-refractivity contribution in [2.75, 3.05) is 13.1 Å². The molecular formula is C19H27N3O2. The van der Waals surface area contributed by atoms with Gasteiger partial charge in [0.25, 0.3) is 0 Å². The molecule has 130 valence electrons. The van der Waals surface area contributed by atoms with Crippen LogP contribution in [0.2, 0.25) is 0 Å². The first kappa shape index (κ1) is 18.0. The van der Waals surface area contributed by atoms with Crippen molar-refractivity contribution in [1.82, 2.24) is 15.2 Å². The molecule has 0 aliphatic carbocycles. The van der Waals surface area contributed by atoms with Crippen molar-refractivity contribution >= 4 is 22.7 Å². The molecule has 1 unspecified atom stereocenters. The fourth-order valence-electron chi connectivity index (χ4n) is 2.96. The van der Waals surface area contributed by atoms with Gasteiger partial charge in [-0.2, -0.15) is 0 Å². The molecule has 1 aromatic carbocycles. The molecule has 2 amide bonds. The minimum absolute atomic E-state index is 0.00793. The monoisotopic (exact) mass is 329 g/mol. The lowest BCUT2D eigenvalue weighted by Crippen LogP contribution is -2.49. The number of benzene rings is 1. The fraction of sp³-hybridized carbons (Fsp3) is 0.474. The molecule has 0 aliphatic rings. The highest BCUT2D eigenvalue weighted by Gasteiger charge is 2.25. The highest BCUT2D eigenvalue weighted by Crippen LogP contribution is 2.19. The Bertz CT molecular complexity index is 693. The van der Waals surface area contributed by atoms with Crippen molar-refractivity contribution in [2.24, 2.45) is 0 Å². The van der Waals surface area contributed by atoms with Gasteiger partial charge >= 0.3 is 0 Å². The first-order valence-corrected chi connectivity index (χ1v) is 8.67. The summed E-state index contributed by atoms with van der Waals surface area (Å²) in [5, 5.41) is 3.92. The normalized spacial score (nSPS) is 12.1. The van der Waals surface area contributed by atoms with Gasteiger partial charge in [-0.25, -0.2) is 0 Å². The Morgan fingerprint density at radius 1 is 1.25 bits per heavy atom. The molecule has 2 N–H and O–H groups in total. The Hall–Kier alpha value is -2.30. The number of aromatic nitrogens is 1. The van der Waals surface area contributed by atoms with E-state index in [1.165, 1.54) is 6.92 Å². The summed E-state index contributed by atoms with van der Waals surface area (Å²) in [6.45, 7) is 6.93. The molecule has 1 heterocycles. The number of carbonyl (C=O) groups excluding carboxylic acids is 2. The molecule has 0 spiro atoms. The fourth-order valence-corrected chi connectivity index (χ4v) is 2.96. The van der Waals surface area contributed by atoms with Gasteiger partial charge in [0.1, 0.15) is 6.04 Å². The third-order valence-electron chi connectivity index (χ3n) is 4.25. The molecule has 5 nitrogen and oxygen atoms in total. The molecule has 2 rings (SSSR count). The van der Waals surface area contributed by atoms with Crippen molar-refractivity contribution in [3.8, 4) is 0 Å². The van der Waals surface area contributed by atoms with Gasteiger partial charge in [0.05, 0.1) is 0 Å². The zero-order chi connectivity index (χ0) is 17.5. The second kappa shape index (κ2) is 8.52. The molecule has 0 fully saturated rings. The third kappa shape index (κ3) is 4.37. The largest absolute Gasteiger partial charge is 0.361 e. The second-order valence-corrected chi connectivity index (χ2v) is 6.09. The summed E-state index contributed by atoms with van der Waals surface area (Å²) in [5.74, 6) is -0.189. The van der Waals surface area contributed by atoms with E-state index in [4.69, 9.17) is 0 Å². The van der Waals surface area contributed by atoms with Crippen LogP contribution in [-0.4, -0.2) is 40.8 Å². The first-order chi connectivity index (χ1) is 11.6. The van der Waals surface area contributed by atoms with Crippen LogP contribution in [0.15, 0.2) is 30.5 Å². The smallest absolute Gasteiger partial charge is 0.245 e. The average Bonchev–Trinajstić information content (AvgIpc) is 2.97. The maximum atomic E-state index is 12.9. The van der Waals surface area contributed by atoms with E-state index in [9.17, 15) is 9.59 Å². The third-order valence-corrected chi connectivity index (χ3v) is 4.25. The van der Waals surface area contributed by atoms with Crippen LogP contribution in [0.1, 0.15) is 39.2 Å². The van der Waals surface area contributed by atoms with Crippen molar-refractivity contribution in [3.05, 3.63) is 36.0 Å². The molecule has 0 saturated heterocycles. The number of aromatic amines is 1. The molecule has 0 radical (unpaired) electrons. The lowest BCUT2D eigenvalue weighted by molar-refractivity contribution is -0.136. The molecule has 24 heavy (non-hydrogen) atoms. The maximum Gasteiger partial charge on any atom is 0.245 e. The minimum atomic E-state index is -0.529. The zero-order valence-electron chi connectivity index (χ0n) is 14.8. The van der Waals surface area contributed by atoms with Crippen LogP contribution in [0, 0.1) is 0 Å². The number of H-pyrrole nitrogens is 1. The molecule has 5 heteroatoms. The number of para-hydroxylation sites is 1. The van der Waals surface area contributed by atoms with Crippen LogP contribution < -0.4 is 5.32 Å². The van der Waals surface area contributed by atoms with Crippen molar-refractivity contribution in [3.63, 3.8) is 0 Å². The van der Waals surface area contributed by atoms with Crippen LogP contribution >= 0.6 is 0 Å². The van der Waals surface area contributed by atoms with E-state index < -0.39 is 6.04 Å². The van der Waals surface area contributed by atoms with E-state index in [1.807, 2.05) is 42.3 Å². The predicted molar refractivity (Wildman–Crippen MR) is 96.8 cm³/mol. The SMILES string of the molecule is CCCCN(CC)C(=O)C(Cc1c[nH]c2ccccc12)NC(C)=O. The van der Waals surface area contributed by atoms with Crippen LogP contribution in [0.25, 0.3) is 10.9 Å². The number of unbranched alkanes of at least 4 members (excludes halogenated alkanes) is 1. The summed E-state index contributed by atoms with van der Waals surface area (Å²) in [5.41, 5.74) is 2.09. The lowest BCUT2D eigenvalue weighted by atomic mass is 10.0. The topological polar surface area (TPSA) is 65.2 Å². The van der Waals surface area contributed by atoms with Crippen molar-refractivity contribution in [2.45, 2.75) is 46.1 Å². The number of amides is 2. The minimum Gasteiger partial charge on any atom is -0.361 e. The Labute approximate surface area is 143 Å². The summed E-state index contributed by atoms with van der Waals surface area (Å²) in [6.07, 6.45) is 4.43. The molecule has 2 aromatic rings. The number of nitrogens with one attached hydrogen (secondary N) is 2. The number of fused-ring (bicyclic) bond motifs is 1. The van der Waals surface area contributed by atoms with Crippen LogP contribution in [0.3, 0.4) is 0 Å². The summed E-state index contributed by atoms with van der Waals surface area (Å²) < 4.78 is 0. The van der Waals surface area contributed by atoms with E-state index in [0.29, 0.717) is 13.0 Å². The van der Waals surface area contributed by atoms with E-state index in [-0.39, 0.29) is 11.8 Å². The van der Waals surface area contributed by atoms with Crippen LogP contribution in [0.4, 0.5) is 0 Å². The maximum absolute atomic E-state index is 12.9. The number of hydrogen-bond donors (Lipinski definition) is 2. The number of rotatable bonds is 8. The molecule has 1 atom stereocenters. The Balaban J connectivity index is 2.21. The van der Waals surface area contributed by atoms with E-state index in [0.717, 1.165) is 35.9 Å². The van der Waals surface area contributed by atoms with E-state index >= 15 is 0 Å². The van der Waals surface area contributed by atoms with Gasteiger partial charge in [0.15, 0.2) is 0 Å². The molecule has 1 aromatic heterocycles. The average molecular weight is 329 g/mol. The van der Waals surface area contributed by atoms with Crippen LogP contribution in [-0.2, 0) is 16.0 Å². The summed E-state index contributed by atoms with van der Waals surface area (Å²) >= 11 is 0. The van der Waals surface area contributed by atoms with E-state index in [1.54, 1.807) is 0 Å². The number of likely N-dealkylation sites (N-methyl/N-ethyl adjacent to an activating group) is 1. The summed E-state index contributed by atoms with van der Waals surface area (Å²) in [4.78, 5) is 29.5. The Morgan fingerprint density at radius 3 is 2.67 bits per heavy atom. The van der Waals surface area contributed by atoms with Gasteiger partial charge < -0.3 is 15.2 Å². The molecule has 0 saturated carbocycles. The van der Waals surface area contributed by atoms with Gasteiger partial charge in [-0.15, -0.1) is 0 Å². The molecular weight excluding hydrogens is 302 g/mol. The van der Waals surface area contributed by atoms with Gasteiger partial charge in [-0.1, -0.05) is 31.5 Å². The van der Waals surface area contributed by atoms with Gasteiger partial charge in [-0.05, 0) is 25.0 Å². The predicted octanol–water partition coefficient (Wildman–Crippen LogP) is 2.86.